The highest BCUT2D eigenvalue weighted by Crippen LogP contribution is 2.24. The zero-order valence-corrected chi connectivity index (χ0v) is 15.3. The maximum atomic E-state index is 6.22. The minimum absolute atomic E-state index is 0.589. The molecule has 0 amide bonds. The molecule has 0 aromatic heterocycles. The number of nitrogens with one attached hydrogen (secondary N) is 1. The first-order valence-corrected chi connectivity index (χ1v) is 8.98. The van der Waals surface area contributed by atoms with Crippen molar-refractivity contribution in [1.29, 1.82) is 0 Å². The average Bonchev–Trinajstić information content (AvgIpc) is 2.61. The van der Waals surface area contributed by atoms with Crippen molar-refractivity contribution in [2.75, 3.05) is 12.9 Å². The van der Waals surface area contributed by atoms with E-state index in [0.29, 0.717) is 22.3 Å². The predicted molar refractivity (Wildman–Crippen MR) is 103 cm³/mol. The Hall–Kier alpha value is -1.69. The minimum Gasteiger partial charge on any atom is -0.497 e. The molecule has 0 aliphatic carbocycles. The Labute approximate surface area is 154 Å². The molecule has 1 aliphatic heterocycles. The fourth-order valence-corrected chi connectivity index (χ4v) is 3.43. The number of halogens is 2. The van der Waals surface area contributed by atoms with Crippen LogP contribution in [0.3, 0.4) is 0 Å². The largest absolute Gasteiger partial charge is 0.497 e. The Kier molecular flexibility index (Phi) is 5.66. The highest BCUT2D eigenvalue weighted by atomic mass is 35.5. The van der Waals surface area contributed by atoms with E-state index >= 15 is 0 Å². The summed E-state index contributed by atoms with van der Waals surface area (Å²) in [5.74, 6) is 1.54. The van der Waals surface area contributed by atoms with Crippen LogP contribution in [0.2, 0.25) is 10.0 Å². The van der Waals surface area contributed by atoms with E-state index in [1.54, 1.807) is 24.9 Å². The molecule has 0 bridgehead atoms. The van der Waals surface area contributed by atoms with Crippen molar-refractivity contribution in [2.45, 2.75) is 6.54 Å². The monoisotopic (exact) mass is 379 g/mol. The Morgan fingerprint density at radius 2 is 2.00 bits per heavy atom. The molecule has 0 saturated heterocycles. The molecule has 124 valence electrons. The van der Waals surface area contributed by atoms with E-state index in [9.17, 15) is 0 Å². The van der Waals surface area contributed by atoms with Crippen LogP contribution in [0.5, 0.6) is 5.75 Å². The second kappa shape index (κ2) is 7.92. The van der Waals surface area contributed by atoms with E-state index in [1.807, 2.05) is 36.4 Å². The predicted octanol–water partition coefficient (Wildman–Crippen LogP) is 4.60. The molecular formula is C17H15Cl2N3OS. The quantitative estimate of drug-likeness (QED) is 0.843. The van der Waals surface area contributed by atoms with E-state index in [-0.39, 0.29) is 0 Å². The van der Waals surface area contributed by atoms with Crippen molar-refractivity contribution < 1.29 is 4.74 Å². The molecule has 2 aromatic rings. The van der Waals surface area contributed by atoms with Crippen molar-refractivity contribution >= 4 is 45.8 Å². The van der Waals surface area contributed by atoms with Gasteiger partial charge in [0.05, 0.1) is 24.4 Å². The van der Waals surface area contributed by atoms with Gasteiger partial charge in [0.1, 0.15) is 5.75 Å². The van der Waals surface area contributed by atoms with Gasteiger partial charge in [0.25, 0.3) is 0 Å². The smallest absolute Gasteiger partial charge is 0.177 e. The third-order valence-electron chi connectivity index (χ3n) is 3.44. The molecule has 1 heterocycles. The zero-order chi connectivity index (χ0) is 16.9. The molecular weight excluding hydrogens is 365 g/mol. The number of rotatable bonds is 4. The molecule has 0 fully saturated rings. The van der Waals surface area contributed by atoms with E-state index < -0.39 is 0 Å². The number of hydrogen-bond acceptors (Lipinski definition) is 4. The molecule has 0 atom stereocenters. The first kappa shape index (κ1) is 17.1. The standard InChI is InChI=1S/C17H15Cl2N3OS/c1-23-13-5-2-11(3-6-13)9-20-17-22-21-16(10-24-17)14-7-4-12(18)8-15(14)19/h2-8H,9-10H2,1H3,(H,20,22). The average molecular weight is 380 g/mol. The maximum Gasteiger partial charge on any atom is 0.177 e. The molecule has 3 rings (SSSR count). The van der Waals surface area contributed by atoms with E-state index in [4.69, 9.17) is 27.9 Å². The number of methoxy groups -OCH3 is 1. The van der Waals surface area contributed by atoms with Gasteiger partial charge in [-0.3, -0.25) is 10.4 Å². The Morgan fingerprint density at radius 1 is 1.21 bits per heavy atom. The summed E-state index contributed by atoms with van der Waals surface area (Å²) >= 11 is 13.7. The van der Waals surface area contributed by atoms with Gasteiger partial charge in [-0.05, 0) is 29.8 Å². The number of hydrazone groups is 1. The van der Waals surface area contributed by atoms with Crippen LogP contribution in [0.1, 0.15) is 11.1 Å². The second-order valence-corrected chi connectivity index (χ2v) is 6.86. The first-order chi connectivity index (χ1) is 11.7. The van der Waals surface area contributed by atoms with Crippen LogP contribution in [-0.2, 0) is 6.54 Å². The Morgan fingerprint density at radius 3 is 2.62 bits per heavy atom. The van der Waals surface area contributed by atoms with Crippen molar-refractivity contribution in [2.24, 2.45) is 10.1 Å². The number of ether oxygens (including phenoxy) is 1. The molecule has 0 unspecified atom stereocenters. The van der Waals surface area contributed by atoms with Gasteiger partial charge in [-0.15, -0.1) is 0 Å². The van der Waals surface area contributed by atoms with Crippen LogP contribution < -0.4 is 10.2 Å². The van der Waals surface area contributed by atoms with Crippen molar-refractivity contribution in [3.8, 4) is 5.75 Å². The lowest BCUT2D eigenvalue weighted by Crippen LogP contribution is -2.25. The van der Waals surface area contributed by atoms with E-state index in [1.165, 1.54) is 0 Å². The van der Waals surface area contributed by atoms with Gasteiger partial charge in [0, 0.05) is 16.3 Å². The Bertz CT molecular complexity index is 791. The van der Waals surface area contributed by atoms with Crippen LogP contribution in [0, 0.1) is 0 Å². The number of benzene rings is 2. The lowest BCUT2D eigenvalue weighted by atomic mass is 10.1. The molecule has 0 spiro atoms. The lowest BCUT2D eigenvalue weighted by Gasteiger charge is -2.15. The third-order valence-corrected chi connectivity index (χ3v) is 4.90. The molecule has 2 aromatic carbocycles. The fourth-order valence-electron chi connectivity index (χ4n) is 2.15. The number of amidine groups is 1. The van der Waals surface area contributed by atoms with Crippen molar-refractivity contribution in [1.82, 2.24) is 5.43 Å². The molecule has 7 heteroatoms. The van der Waals surface area contributed by atoms with Crippen LogP contribution in [0.4, 0.5) is 0 Å². The first-order valence-electron chi connectivity index (χ1n) is 7.24. The van der Waals surface area contributed by atoms with Gasteiger partial charge in [0.2, 0.25) is 0 Å². The normalized spacial score (nSPS) is 15.8. The highest BCUT2D eigenvalue weighted by Gasteiger charge is 2.15. The number of nitrogens with zero attached hydrogens (tertiary/aromatic N) is 2. The molecule has 24 heavy (non-hydrogen) atoms. The number of aliphatic imine (C=N–C) groups is 1. The summed E-state index contributed by atoms with van der Waals surface area (Å²) in [6, 6.07) is 13.3. The molecule has 4 nitrogen and oxygen atoms in total. The second-order valence-electron chi connectivity index (χ2n) is 5.05. The summed E-state index contributed by atoms with van der Waals surface area (Å²) in [7, 11) is 1.65. The van der Waals surface area contributed by atoms with Gasteiger partial charge < -0.3 is 4.74 Å². The van der Waals surface area contributed by atoms with Gasteiger partial charge in [-0.1, -0.05) is 53.2 Å². The summed E-state index contributed by atoms with van der Waals surface area (Å²) in [4.78, 5) is 4.54. The van der Waals surface area contributed by atoms with E-state index in [2.05, 4.69) is 15.5 Å². The SMILES string of the molecule is COc1ccc(CN=C2NN=C(c3ccc(Cl)cc3Cl)CS2)cc1. The summed E-state index contributed by atoms with van der Waals surface area (Å²) < 4.78 is 5.15. The maximum absolute atomic E-state index is 6.22. The summed E-state index contributed by atoms with van der Waals surface area (Å²) in [5.41, 5.74) is 5.86. The summed E-state index contributed by atoms with van der Waals surface area (Å²) in [6.07, 6.45) is 0. The van der Waals surface area contributed by atoms with Gasteiger partial charge in [-0.2, -0.15) is 5.10 Å². The Balaban J connectivity index is 1.65. The van der Waals surface area contributed by atoms with Gasteiger partial charge in [-0.25, -0.2) is 0 Å². The third kappa shape index (κ3) is 4.23. The molecule has 0 saturated carbocycles. The van der Waals surface area contributed by atoms with Crippen molar-refractivity contribution in [3.05, 3.63) is 63.6 Å². The number of thioether (sulfide) groups is 1. The lowest BCUT2D eigenvalue weighted by molar-refractivity contribution is 0.414. The fraction of sp³-hybridized carbons (Fsp3) is 0.176. The summed E-state index contributed by atoms with van der Waals surface area (Å²) in [6.45, 7) is 0.589. The topological polar surface area (TPSA) is 46.0 Å². The van der Waals surface area contributed by atoms with Crippen molar-refractivity contribution in [3.63, 3.8) is 0 Å². The van der Waals surface area contributed by atoms with Crippen LogP contribution in [-0.4, -0.2) is 23.7 Å². The highest BCUT2D eigenvalue weighted by molar-refractivity contribution is 8.14. The minimum atomic E-state index is 0.589. The van der Waals surface area contributed by atoms with Gasteiger partial charge in [0.15, 0.2) is 5.17 Å². The van der Waals surface area contributed by atoms with Crippen LogP contribution >= 0.6 is 35.0 Å². The van der Waals surface area contributed by atoms with Crippen LogP contribution in [0.25, 0.3) is 0 Å². The van der Waals surface area contributed by atoms with Crippen LogP contribution in [0.15, 0.2) is 52.6 Å². The zero-order valence-electron chi connectivity index (χ0n) is 12.9. The molecule has 1 aliphatic rings. The number of hydrogen-bond donors (Lipinski definition) is 1. The summed E-state index contributed by atoms with van der Waals surface area (Å²) in [5, 5.41) is 6.38. The molecule has 1 N–H and O–H groups in total. The van der Waals surface area contributed by atoms with Gasteiger partial charge >= 0.3 is 0 Å². The molecule has 0 radical (unpaired) electrons. The van der Waals surface area contributed by atoms with E-state index in [0.717, 1.165) is 27.8 Å².